The molecule has 3 heterocycles. The Hall–Kier alpha value is -4.33. The monoisotopic (exact) mass is 458 g/mol. The summed E-state index contributed by atoms with van der Waals surface area (Å²) in [4.78, 5) is 33.0. The minimum atomic E-state index is -0.725. The number of fused-ring (bicyclic) bond motifs is 2. The molecular weight excluding hydrogens is 436 g/mol. The van der Waals surface area contributed by atoms with E-state index in [1.54, 1.807) is 59.8 Å². The molecule has 172 valence electrons. The number of rotatable bonds is 6. The van der Waals surface area contributed by atoms with E-state index in [2.05, 4.69) is 4.98 Å². The molecule has 4 aromatic rings. The van der Waals surface area contributed by atoms with E-state index in [4.69, 9.17) is 18.6 Å². The number of hydrogen-bond acceptors (Lipinski definition) is 7. The highest BCUT2D eigenvalue weighted by atomic mass is 16.5. The third-order valence-electron chi connectivity index (χ3n) is 5.95. The number of nitrogens with zero attached hydrogens (tertiary/aromatic N) is 2. The maximum atomic E-state index is 13.6. The van der Waals surface area contributed by atoms with Crippen LogP contribution in [0.1, 0.15) is 33.3 Å². The molecule has 0 saturated carbocycles. The van der Waals surface area contributed by atoms with Gasteiger partial charge in [-0.25, -0.2) is 0 Å². The van der Waals surface area contributed by atoms with Gasteiger partial charge in [0.2, 0.25) is 11.5 Å². The van der Waals surface area contributed by atoms with Crippen LogP contribution in [0.15, 0.2) is 70.1 Å². The molecule has 8 nitrogen and oxygen atoms in total. The quantitative estimate of drug-likeness (QED) is 0.432. The Balaban J connectivity index is 1.77. The Morgan fingerprint density at radius 1 is 0.971 bits per heavy atom. The number of methoxy groups -OCH3 is 3. The normalized spacial score (nSPS) is 14.9. The molecule has 0 N–H and O–H groups in total. The van der Waals surface area contributed by atoms with E-state index < -0.39 is 6.04 Å². The first-order valence-corrected chi connectivity index (χ1v) is 10.6. The molecule has 1 aliphatic rings. The molecule has 0 unspecified atom stereocenters. The largest absolute Gasteiger partial charge is 0.493 e. The number of amides is 1. The van der Waals surface area contributed by atoms with Crippen molar-refractivity contribution in [1.29, 1.82) is 0 Å². The maximum absolute atomic E-state index is 13.6. The molecule has 1 amide bonds. The highest BCUT2D eigenvalue weighted by Gasteiger charge is 2.43. The van der Waals surface area contributed by atoms with E-state index >= 15 is 0 Å². The van der Waals surface area contributed by atoms with Gasteiger partial charge in [-0.3, -0.25) is 14.6 Å². The predicted molar refractivity (Wildman–Crippen MR) is 125 cm³/mol. The van der Waals surface area contributed by atoms with Crippen LogP contribution in [0.3, 0.4) is 0 Å². The molecule has 0 fully saturated rings. The lowest BCUT2D eigenvalue weighted by Crippen LogP contribution is -2.29. The van der Waals surface area contributed by atoms with Crippen LogP contribution in [0.2, 0.25) is 0 Å². The van der Waals surface area contributed by atoms with Gasteiger partial charge in [-0.2, -0.15) is 0 Å². The van der Waals surface area contributed by atoms with Gasteiger partial charge < -0.3 is 23.5 Å². The molecule has 2 aromatic heterocycles. The maximum Gasteiger partial charge on any atom is 0.291 e. The van der Waals surface area contributed by atoms with Crippen LogP contribution in [0, 0.1) is 0 Å². The van der Waals surface area contributed by atoms with Crippen molar-refractivity contribution < 1.29 is 23.4 Å². The van der Waals surface area contributed by atoms with Crippen molar-refractivity contribution in [3.05, 3.63) is 93.6 Å². The number of para-hydroxylation sites is 1. The van der Waals surface area contributed by atoms with Gasteiger partial charge in [0.1, 0.15) is 5.58 Å². The molecule has 1 aliphatic heterocycles. The van der Waals surface area contributed by atoms with E-state index in [-0.39, 0.29) is 29.2 Å². The summed E-state index contributed by atoms with van der Waals surface area (Å²) >= 11 is 0. The SMILES string of the molecule is COc1cc([C@H]2c3c(oc4ccccc4c3=O)C(=O)N2Cc2cccnc2)cc(OC)c1OC. The van der Waals surface area contributed by atoms with Gasteiger partial charge in [0.15, 0.2) is 16.9 Å². The van der Waals surface area contributed by atoms with Crippen molar-refractivity contribution in [3.8, 4) is 17.2 Å². The van der Waals surface area contributed by atoms with Gasteiger partial charge in [-0.1, -0.05) is 18.2 Å². The summed E-state index contributed by atoms with van der Waals surface area (Å²) in [6.45, 7) is 0.230. The van der Waals surface area contributed by atoms with Crippen LogP contribution in [-0.4, -0.2) is 37.1 Å². The Kier molecular flexibility index (Phi) is 5.41. The van der Waals surface area contributed by atoms with Crippen molar-refractivity contribution >= 4 is 16.9 Å². The molecular formula is C26H22N2O6. The minimum absolute atomic E-state index is 0.0337. The molecule has 0 aliphatic carbocycles. The predicted octanol–water partition coefficient (Wildman–Crippen LogP) is 3.96. The fourth-order valence-corrected chi connectivity index (χ4v) is 4.42. The first-order chi connectivity index (χ1) is 16.6. The van der Waals surface area contributed by atoms with E-state index in [0.717, 1.165) is 5.56 Å². The number of ether oxygens (including phenoxy) is 3. The zero-order valence-electron chi connectivity index (χ0n) is 18.9. The number of pyridine rings is 1. The minimum Gasteiger partial charge on any atom is -0.493 e. The lowest BCUT2D eigenvalue weighted by Gasteiger charge is -2.26. The molecule has 34 heavy (non-hydrogen) atoms. The van der Waals surface area contributed by atoms with Gasteiger partial charge >= 0.3 is 0 Å². The first kappa shape index (κ1) is 21.5. The zero-order valence-corrected chi connectivity index (χ0v) is 18.9. The molecule has 1 atom stereocenters. The smallest absolute Gasteiger partial charge is 0.291 e. The van der Waals surface area contributed by atoms with Gasteiger partial charge in [-0.15, -0.1) is 0 Å². The summed E-state index contributed by atoms with van der Waals surface area (Å²) in [5.74, 6) is 0.919. The second-order valence-electron chi connectivity index (χ2n) is 7.83. The van der Waals surface area contributed by atoms with Crippen LogP contribution in [0.25, 0.3) is 11.0 Å². The Morgan fingerprint density at radius 2 is 1.71 bits per heavy atom. The third kappa shape index (κ3) is 3.35. The van der Waals surface area contributed by atoms with Crippen LogP contribution in [-0.2, 0) is 6.54 Å². The molecule has 5 rings (SSSR count). The number of carbonyl (C=O) groups is 1. The lowest BCUT2D eigenvalue weighted by molar-refractivity contribution is 0.0713. The Morgan fingerprint density at radius 3 is 2.35 bits per heavy atom. The number of hydrogen-bond donors (Lipinski definition) is 0. The fraction of sp³-hybridized carbons (Fsp3) is 0.192. The van der Waals surface area contributed by atoms with Crippen LogP contribution < -0.4 is 19.6 Å². The average molecular weight is 458 g/mol. The second-order valence-corrected chi connectivity index (χ2v) is 7.83. The topological polar surface area (TPSA) is 91.1 Å². The van der Waals surface area contributed by atoms with Crippen molar-refractivity contribution in [3.63, 3.8) is 0 Å². The zero-order chi connectivity index (χ0) is 23.8. The Bertz CT molecular complexity index is 1420. The fourth-order valence-electron chi connectivity index (χ4n) is 4.42. The van der Waals surface area contributed by atoms with Gasteiger partial charge in [-0.05, 0) is 41.5 Å². The van der Waals surface area contributed by atoms with Crippen LogP contribution >= 0.6 is 0 Å². The molecule has 2 aromatic carbocycles. The lowest BCUT2D eigenvalue weighted by atomic mass is 9.97. The Labute approximate surface area is 195 Å². The molecule has 8 heteroatoms. The highest BCUT2D eigenvalue weighted by molar-refractivity contribution is 5.99. The van der Waals surface area contributed by atoms with E-state index in [9.17, 15) is 9.59 Å². The summed E-state index contributed by atoms with van der Waals surface area (Å²) in [5, 5.41) is 0.412. The average Bonchev–Trinajstić information content (AvgIpc) is 3.15. The van der Waals surface area contributed by atoms with Crippen molar-refractivity contribution in [2.24, 2.45) is 0 Å². The van der Waals surface area contributed by atoms with Crippen LogP contribution in [0.4, 0.5) is 0 Å². The summed E-state index contributed by atoms with van der Waals surface area (Å²) in [5.41, 5.74) is 1.84. The summed E-state index contributed by atoms with van der Waals surface area (Å²) in [6.07, 6.45) is 3.35. The van der Waals surface area contributed by atoms with Gasteiger partial charge in [0, 0.05) is 18.9 Å². The van der Waals surface area contributed by atoms with E-state index in [1.165, 1.54) is 21.3 Å². The second kappa shape index (κ2) is 8.55. The summed E-state index contributed by atoms with van der Waals surface area (Å²) in [7, 11) is 4.55. The summed E-state index contributed by atoms with van der Waals surface area (Å²) in [6, 6.07) is 13.4. The summed E-state index contributed by atoms with van der Waals surface area (Å²) < 4.78 is 22.5. The number of aromatic nitrogens is 1. The van der Waals surface area contributed by atoms with Crippen LogP contribution in [0.5, 0.6) is 17.2 Å². The standard InChI is InChI=1S/C26H22N2O6/c1-31-19-11-16(12-20(32-2)24(19)33-3)22-21-23(29)17-8-4-5-9-18(17)34-25(21)26(30)28(22)14-15-7-6-10-27-13-15/h4-13,22H,14H2,1-3H3/t22-/m0/s1. The molecule has 0 spiro atoms. The number of benzene rings is 2. The van der Waals surface area contributed by atoms with Crippen molar-refractivity contribution in [1.82, 2.24) is 9.88 Å². The van der Waals surface area contributed by atoms with Crippen molar-refractivity contribution in [2.45, 2.75) is 12.6 Å². The third-order valence-corrected chi connectivity index (χ3v) is 5.95. The van der Waals surface area contributed by atoms with Crippen molar-refractivity contribution in [2.75, 3.05) is 21.3 Å². The first-order valence-electron chi connectivity index (χ1n) is 10.6. The molecule has 0 radical (unpaired) electrons. The van der Waals surface area contributed by atoms with Gasteiger partial charge in [0.25, 0.3) is 5.91 Å². The molecule has 0 saturated heterocycles. The van der Waals surface area contributed by atoms with E-state index in [1.807, 2.05) is 6.07 Å². The van der Waals surface area contributed by atoms with Gasteiger partial charge in [0.05, 0.1) is 38.3 Å². The number of carbonyl (C=O) groups excluding carboxylic acids is 1. The van der Waals surface area contributed by atoms with E-state index in [0.29, 0.717) is 33.8 Å². The highest BCUT2D eigenvalue weighted by Crippen LogP contribution is 2.45. The molecule has 0 bridgehead atoms.